The van der Waals surface area contributed by atoms with Gasteiger partial charge in [0.05, 0.1) is 10.6 Å². The number of nitro benzene ring substituents is 1. The second-order valence-electron chi connectivity index (χ2n) is 9.87. The SMILES string of the molecule is O=[N+]([O-])c1ccc(C=Nc2ccc(C34CC5CC(CC(CCO)(C5)C3)C4)cc2)cc1. The second-order valence-corrected chi connectivity index (χ2v) is 9.87. The van der Waals surface area contributed by atoms with Crippen LogP contribution >= 0.6 is 0 Å². The minimum absolute atomic E-state index is 0.0889. The summed E-state index contributed by atoms with van der Waals surface area (Å²) in [6, 6.07) is 15.1. The Hall–Kier alpha value is -2.53. The van der Waals surface area contributed by atoms with Gasteiger partial charge in [-0.3, -0.25) is 15.1 Å². The van der Waals surface area contributed by atoms with Crippen LogP contribution in [0.25, 0.3) is 0 Å². The first-order chi connectivity index (χ1) is 14.5. The summed E-state index contributed by atoms with van der Waals surface area (Å²) in [4.78, 5) is 14.9. The van der Waals surface area contributed by atoms with E-state index >= 15 is 0 Å². The standard InChI is InChI=1S/C25H28N2O3/c28-10-9-24-12-19-11-20(13-24)15-25(14-19,17-24)21-3-5-22(6-4-21)26-16-18-1-7-23(8-2-18)27(29)30/h1-8,16,19-20,28H,9-15,17H2. The molecule has 0 spiro atoms. The summed E-state index contributed by atoms with van der Waals surface area (Å²) in [6.07, 6.45) is 10.5. The van der Waals surface area contributed by atoms with E-state index in [1.165, 1.54) is 56.2 Å². The zero-order chi connectivity index (χ0) is 20.8. The van der Waals surface area contributed by atoms with Crippen LogP contribution in [0, 0.1) is 27.4 Å². The summed E-state index contributed by atoms with van der Waals surface area (Å²) in [5, 5.41) is 20.4. The Morgan fingerprint density at radius 2 is 1.70 bits per heavy atom. The van der Waals surface area contributed by atoms with Crippen molar-refractivity contribution < 1.29 is 10.0 Å². The van der Waals surface area contributed by atoms with E-state index in [-0.39, 0.29) is 11.1 Å². The summed E-state index contributed by atoms with van der Waals surface area (Å²) in [7, 11) is 0. The Morgan fingerprint density at radius 1 is 1.03 bits per heavy atom. The monoisotopic (exact) mass is 404 g/mol. The van der Waals surface area contributed by atoms with Gasteiger partial charge in [0, 0.05) is 25.0 Å². The number of nitrogens with zero attached hydrogens (tertiary/aromatic N) is 2. The van der Waals surface area contributed by atoms with Crippen LogP contribution < -0.4 is 0 Å². The average Bonchev–Trinajstić information content (AvgIpc) is 2.72. The molecule has 4 aliphatic rings. The van der Waals surface area contributed by atoms with Gasteiger partial charge in [-0.15, -0.1) is 0 Å². The van der Waals surface area contributed by atoms with Crippen molar-refractivity contribution >= 4 is 17.6 Å². The number of aliphatic hydroxyl groups excluding tert-OH is 1. The zero-order valence-corrected chi connectivity index (χ0v) is 17.2. The first kappa shape index (κ1) is 19.4. The van der Waals surface area contributed by atoms with Crippen LogP contribution in [0.2, 0.25) is 0 Å². The van der Waals surface area contributed by atoms with Crippen LogP contribution in [0.15, 0.2) is 53.5 Å². The maximum atomic E-state index is 10.8. The van der Waals surface area contributed by atoms with Gasteiger partial charge in [0.1, 0.15) is 0 Å². The second kappa shape index (κ2) is 7.31. The molecule has 30 heavy (non-hydrogen) atoms. The Bertz CT molecular complexity index is 951. The van der Waals surface area contributed by atoms with E-state index in [1.54, 1.807) is 18.3 Å². The molecule has 2 aromatic carbocycles. The highest BCUT2D eigenvalue weighted by molar-refractivity contribution is 5.82. The molecule has 0 aromatic heterocycles. The van der Waals surface area contributed by atoms with Crippen molar-refractivity contribution in [3.05, 3.63) is 69.8 Å². The van der Waals surface area contributed by atoms with E-state index in [2.05, 4.69) is 29.3 Å². The quantitative estimate of drug-likeness (QED) is 0.389. The van der Waals surface area contributed by atoms with E-state index < -0.39 is 4.92 Å². The van der Waals surface area contributed by atoms with E-state index in [9.17, 15) is 15.2 Å². The van der Waals surface area contributed by atoms with Crippen molar-refractivity contribution in [3.63, 3.8) is 0 Å². The highest BCUT2D eigenvalue weighted by Crippen LogP contribution is 2.66. The van der Waals surface area contributed by atoms with Gasteiger partial charge < -0.3 is 5.11 Å². The first-order valence-electron chi connectivity index (χ1n) is 11.0. The summed E-state index contributed by atoms with van der Waals surface area (Å²) in [5.74, 6) is 1.63. The highest BCUT2D eigenvalue weighted by atomic mass is 16.6. The number of non-ortho nitro benzene ring substituents is 1. The lowest BCUT2D eigenvalue weighted by Crippen LogP contribution is -2.54. The van der Waals surface area contributed by atoms with E-state index in [0.29, 0.717) is 12.0 Å². The molecule has 6 rings (SSSR count). The number of nitro groups is 1. The Morgan fingerprint density at radius 3 is 2.30 bits per heavy atom. The predicted molar refractivity (Wildman–Crippen MR) is 117 cm³/mol. The molecule has 156 valence electrons. The molecule has 4 fully saturated rings. The minimum Gasteiger partial charge on any atom is -0.396 e. The molecular formula is C25H28N2O3. The van der Waals surface area contributed by atoms with Crippen LogP contribution in [0.1, 0.15) is 56.1 Å². The number of rotatable bonds is 6. The van der Waals surface area contributed by atoms with Crippen molar-refractivity contribution in [2.75, 3.05) is 6.61 Å². The van der Waals surface area contributed by atoms with E-state index in [0.717, 1.165) is 29.5 Å². The molecule has 4 bridgehead atoms. The smallest absolute Gasteiger partial charge is 0.269 e. The molecule has 0 radical (unpaired) electrons. The summed E-state index contributed by atoms with van der Waals surface area (Å²) in [6.45, 7) is 0.311. The van der Waals surface area contributed by atoms with Gasteiger partial charge in [0.25, 0.3) is 5.69 Å². The predicted octanol–water partition coefficient (Wildman–Crippen LogP) is 5.57. The van der Waals surface area contributed by atoms with Crippen LogP contribution in [0.5, 0.6) is 0 Å². The fourth-order valence-electron chi connectivity index (χ4n) is 7.05. The van der Waals surface area contributed by atoms with Crippen LogP contribution in [-0.2, 0) is 5.41 Å². The van der Waals surface area contributed by atoms with Crippen LogP contribution in [0.3, 0.4) is 0 Å². The topological polar surface area (TPSA) is 75.7 Å². The lowest BCUT2D eigenvalue weighted by molar-refractivity contribution is -0.384. The molecule has 5 heteroatoms. The Kier molecular flexibility index (Phi) is 4.73. The number of aliphatic imine (C=N–C) groups is 1. The van der Waals surface area contributed by atoms with Crippen molar-refractivity contribution in [1.29, 1.82) is 0 Å². The summed E-state index contributed by atoms with van der Waals surface area (Å²) in [5.41, 5.74) is 3.90. The first-order valence-corrected chi connectivity index (χ1v) is 11.0. The molecule has 5 nitrogen and oxygen atoms in total. The number of benzene rings is 2. The van der Waals surface area contributed by atoms with Crippen LogP contribution in [0.4, 0.5) is 11.4 Å². The van der Waals surface area contributed by atoms with Gasteiger partial charge in [-0.25, -0.2) is 0 Å². The number of aliphatic hydroxyl groups is 1. The largest absolute Gasteiger partial charge is 0.396 e. The third kappa shape index (κ3) is 3.45. The molecule has 0 heterocycles. The van der Waals surface area contributed by atoms with Crippen molar-refractivity contribution in [2.24, 2.45) is 22.2 Å². The molecule has 2 unspecified atom stereocenters. The van der Waals surface area contributed by atoms with Gasteiger partial charge in [0.15, 0.2) is 0 Å². The molecule has 4 aliphatic carbocycles. The number of hydrogen-bond donors (Lipinski definition) is 1. The highest BCUT2D eigenvalue weighted by Gasteiger charge is 2.57. The molecule has 0 saturated heterocycles. The molecule has 1 N–H and O–H groups in total. The number of hydrogen-bond acceptors (Lipinski definition) is 4. The van der Waals surface area contributed by atoms with Gasteiger partial charge in [-0.1, -0.05) is 12.1 Å². The Balaban J connectivity index is 1.34. The normalized spacial score (nSPS) is 32.0. The lowest BCUT2D eigenvalue weighted by atomic mass is 9.42. The molecular weight excluding hydrogens is 376 g/mol. The molecule has 0 amide bonds. The van der Waals surface area contributed by atoms with Crippen molar-refractivity contribution in [1.82, 2.24) is 0 Å². The van der Waals surface area contributed by atoms with Crippen LogP contribution in [-0.4, -0.2) is 22.9 Å². The fourth-order valence-corrected chi connectivity index (χ4v) is 7.05. The van der Waals surface area contributed by atoms with Gasteiger partial charge in [-0.05, 0) is 103 Å². The van der Waals surface area contributed by atoms with Crippen molar-refractivity contribution in [2.45, 2.75) is 50.4 Å². The third-order valence-electron chi connectivity index (χ3n) is 7.77. The maximum absolute atomic E-state index is 10.8. The fraction of sp³-hybridized carbons (Fsp3) is 0.480. The molecule has 0 aliphatic heterocycles. The zero-order valence-electron chi connectivity index (χ0n) is 17.2. The van der Waals surface area contributed by atoms with Gasteiger partial charge in [-0.2, -0.15) is 0 Å². The average molecular weight is 405 g/mol. The van der Waals surface area contributed by atoms with E-state index in [1.807, 2.05) is 0 Å². The maximum Gasteiger partial charge on any atom is 0.269 e. The summed E-state index contributed by atoms with van der Waals surface area (Å²) >= 11 is 0. The molecule has 2 atom stereocenters. The van der Waals surface area contributed by atoms with E-state index in [4.69, 9.17) is 0 Å². The van der Waals surface area contributed by atoms with Gasteiger partial charge in [0.2, 0.25) is 0 Å². The third-order valence-corrected chi connectivity index (χ3v) is 7.77. The Labute approximate surface area is 177 Å². The lowest BCUT2D eigenvalue weighted by Gasteiger charge is -2.62. The van der Waals surface area contributed by atoms with Crippen molar-refractivity contribution in [3.8, 4) is 0 Å². The minimum atomic E-state index is -0.394. The molecule has 4 saturated carbocycles. The van der Waals surface area contributed by atoms with Gasteiger partial charge >= 0.3 is 0 Å². The summed E-state index contributed by atoms with van der Waals surface area (Å²) < 4.78 is 0. The molecule has 2 aromatic rings.